The van der Waals surface area contributed by atoms with Gasteiger partial charge in [0, 0.05) is 69.6 Å². The Labute approximate surface area is 301 Å². The summed E-state index contributed by atoms with van der Waals surface area (Å²) in [6.45, 7) is 3.31. The Morgan fingerprint density at radius 2 is 1.60 bits per heavy atom. The molecule has 52 heavy (non-hydrogen) atoms. The second-order valence-electron chi connectivity index (χ2n) is 13.3. The second kappa shape index (κ2) is 14.5. The Morgan fingerprint density at radius 1 is 0.846 bits per heavy atom. The molecule has 7 rings (SSSR count). The van der Waals surface area contributed by atoms with E-state index in [4.69, 9.17) is 4.42 Å². The SMILES string of the molecule is CS(=O)(=O)Nc1ccc2oc(C(=O)N[C@H](Cc3ccc4ccccc4c3)C(=O)N3CCN(c4ccccc4CN4CCCC4=O)CC3)cc(=O)c2c1. The highest BCUT2D eigenvalue weighted by Crippen LogP contribution is 2.26. The van der Waals surface area contributed by atoms with Gasteiger partial charge in [0.05, 0.1) is 11.6 Å². The fourth-order valence-corrected chi connectivity index (χ4v) is 7.55. The van der Waals surface area contributed by atoms with Crippen molar-refractivity contribution in [1.82, 2.24) is 15.1 Å². The Hall–Kier alpha value is -5.69. The zero-order valence-electron chi connectivity index (χ0n) is 28.7. The maximum Gasteiger partial charge on any atom is 0.287 e. The van der Waals surface area contributed by atoms with Gasteiger partial charge in [-0.2, -0.15) is 0 Å². The van der Waals surface area contributed by atoms with E-state index in [2.05, 4.69) is 21.0 Å². The first-order valence-electron chi connectivity index (χ1n) is 17.2. The van der Waals surface area contributed by atoms with E-state index in [1.54, 1.807) is 4.90 Å². The molecule has 12 nitrogen and oxygen atoms in total. The number of anilines is 2. The molecule has 2 N–H and O–H groups in total. The van der Waals surface area contributed by atoms with Gasteiger partial charge in [-0.1, -0.05) is 60.7 Å². The first-order chi connectivity index (χ1) is 25.0. The van der Waals surface area contributed by atoms with Crippen molar-refractivity contribution >= 4 is 60.9 Å². The maximum absolute atomic E-state index is 14.2. The monoisotopic (exact) mass is 721 g/mol. The molecule has 13 heteroatoms. The number of hydrogen-bond donors (Lipinski definition) is 2. The van der Waals surface area contributed by atoms with Gasteiger partial charge in [-0.05, 0) is 52.6 Å². The number of hydrogen-bond acceptors (Lipinski definition) is 8. The summed E-state index contributed by atoms with van der Waals surface area (Å²) < 4.78 is 31.5. The van der Waals surface area contributed by atoms with Crippen molar-refractivity contribution in [2.75, 3.05) is 48.6 Å². The van der Waals surface area contributed by atoms with Crippen molar-refractivity contribution in [1.29, 1.82) is 0 Å². The number of nitrogens with zero attached hydrogens (tertiary/aromatic N) is 3. The molecule has 2 fully saturated rings. The molecular weight excluding hydrogens is 683 g/mol. The molecule has 2 aliphatic heterocycles. The highest BCUT2D eigenvalue weighted by Gasteiger charge is 2.31. The highest BCUT2D eigenvalue weighted by molar-refractivity contribution is 7.92. The lowest BCUT2D eigenvalue weighted by atomic mass is 10.0. The van der Waals surface area contributed by atoms with E-state index in [0.29, 0.717) is 39.1 Å². The molecule has 1 aromatic heterocycles. The van der Waals surface area contributed by atoms with Crippen molar-refractivity contribution in [2.45, 2.75) is 31.8 Å². The lowest BCUT2D eigenvalue weighted by molar-refractivity contribution is -0.133. The largest absolute Gasteiger partial charge is 0.451 e. The van der Waals surface area contributed by atoms with Crippen LogP contribution >= 0.6 is 0 Å². The lowest BCUT2D eigenvalue weighted by Gasteiger charge is -2.38. The molecular formula is C39H39N5O7S. The molecule has 2 saturated heterocycles. The lowest BCUT2D eigenvalue weighted by Crippen LogP contribution is -2.55. The number of nitrogens with one attached hydrogen (secondary N) is 2. The molecule has 1 atom stereocenters. The number of fused-ring (bicyclic) bond motifs is 2. The molecule has 3 amide bonds. The van der Waals surface area contributed by atoms with Gasteiger partial charge >= 0.3 is 0 Å². The Morgan fingerprint density at radius 3 is 2.35 bits per heavy atom. The van der Waals surface area contributed by atoms with E-state index in [9.17, 15) is 27.6 Å². The van der Waals surface area contributed by atoms with Gasteiger partial charge in [0.15, 0.2) is 11.2 Å². The zero-order valence-corrected chi connectivity index (χ0v) is 29.5. The number of benzene rings is 4. The van der Waals surface area contributed by atoms with Crippen LogP contribution in [0.4, 0.5) is 11.4 Å². The number of amides is 3. The fourth-order valence-electron chi connectivity index (χ4n) is 6.99. The van der Waals surface area contributed by atoms with Gasteiger partial charge in [0.25, 0.3) is 5.91 Å². The first-order valence-corrected chi connectivity index (χ1v) is 19.1. The van der Waals surface area contributed by atoms with Crippen LogP contribution in [0.3, 0.4) is 0 Å². The summed E-state index contributed by atoms with van der Waals surface area (Å²) in [5, 5.41) is 5.01. The third-order valence-corrected chi connectivity index (χ3v) is 10.2. The Balaban J connectivity index is 1.11. The van der Waals surface area contributed by atoms with Crippen molar-refractivity contribution < 1.29 is 27.2 Å². The first kappa shape index (κ1) is 34.7. The van der Waals surface area contributed by atoms with Crippen molar-refractivity contribution in [3.05, 3.63) is 118 Å². The second-order valence-corrected chi connectivity index (χ2v) is 15.1. The summed E-state index contributed by atoms with van der Waals surface area (Å²) in [5.74, 6) is -1.07. The normalized spacial score (nSPS) is 15.6. The van der Waals surface area contributed by atoms with E-state index in [1.807, 2.05) is 65.6 Å². The average Bonchev–Trinajstić information content (AvgIpc) is 3.54. The van der Waals surface area contributed by atoms with Crippen LogP contribution in [0.5, 0.6) is 0 Å². The minimum Gasteiger partial charge on any atom is -0.451 e. The van der Waals surface area contributed by atoms with E-state index < -0.39 is 27.4 Å². The summed E-state index contributed by atoms with van der Waals surface area (Å²) in [6, 6.07) is 26.2. The molecule has 0 bridgehead atoms. The minimum atomic E-state index is -3.57. The van der Waals surface area contributed by atoms with E-state index in [-0.39, 0.29) is 40.7 Å². The number of likely N-dealkylation sites (tertiary alicyclic amines) is 1. The fraction of sp³-hybridized carbons (Fsp3) is 0.282. The van der Waals surface area contributed by atoms with Gasteiger partial charge in [-0.25, -0.2) is 8.42 Å². The molecule has 0 aliphatic carbocycles. The quantitative estimate of drug-likeness (QED) is 0.219. The number of carbonyl (C=O) groups is 3. The van der Waals surface area contributed by atoms with Gasteiger partial charge in [-0.15, -0.1) is 0 Å². The van der Waals surface area contributed by atoms with E-state index >= 15 is 0 Å². The summed E-state index contributed by atoms with van der Waals surface area (Å²) in [5.41, 5.74) is 2.71. The van der Waals surface area contributed by atoms with Gasteiger partial charge in [-0.3, -0.25) is 23.9 Å². The van der Waals surface area contributed by atoms with Crippen molar-refractivity contribution in [3.8, 4) is 0 Å². The van der Waals surface area contributed by atoms with E-state index in [0.717, 1.165) is 52.9 Å². The molecule has 0 radical (unpaired) electrons. The molecule has 4 aromatic carbocycles. The number of carbonyl (C=O) groups excluding carboxylic acids is 3. The van der Waals surface area contributed by atoms with Crippen LogP contribution in [-0.4, -0.2) is 81.0 Å². The molecule has 2 aliphatic rings. The van der Waals surface area contributed by atoms with Crippen LogP contribution in [-0.2, 0) is 32.6 Å². The van der Waals surface area contributed by atoms with Crippen LogP contribution in [0.2, 0.25) is 0 Å². The average molecular weight is 722 g/mol. The summed E-state index contributed by atoms with van der Waals surface area (Å²) in [7, 11) is -3.57. The topological polar surface area (TPSA) is 149 Å². The minimum absolute atomic E-state index is 0.0969. The third kappa shape index (κ3) is 7.79. The van der Waals surface area contributed by atoms with Crippen molar-refractivity contribution in [3.63, 3.8) is 0 Å². The predicted molar refractivity (Wildman–Crippen MR) is 200 cm³/mol. The zero-order chi connectivity index (χ0) is 36.4. The number of sulfonamides is 1. The number of piperazine rings is 1. The molecule has 3 heterocycles. The molecule has 0 unspecified atom stereocenters. The van der Waals surface area contributed by atoms with Crippen LogP contribution in [0.1, 0.15) is 34.5 Å². The predicted octanol–water partition coefficient (Wildman–Crippen LogP) is 4.13. The highest BCUT2D eigenvalue weighted by atomic mass is 32.2. The number of para-hydroxylation sites is 1. The summed E-state index contributed by atoms with van der Waals surface area (Å²) in [6.07, 6.45) is 2.67. The van der Waals surface area contributed by atoms with Gasteiger partial charge < -0.3 is 24.4 Å². The van der Waals surface area contributed by atoms with Gasteiger partial charge in [0.1, 0.15) is 11.6 Å². The van der Waals surface area contributed by atoms with Crippen LogP contribution < -0.4 is 20.4 Å². The molecule has 5 aromatic rings. The summed E-state index contributed by atoms with van der Waals surface area (Å²) in [4.78, 5) is 59.2. The Bertz CT molecular complexity index is 2350. The van der Waals surface area contributed by atoms with Crippen LogP contribution in [0, 0.1) is 0 Å². The van der Waals surface area contributed by atoms with Crippen molar-refractivity contribution in [2.24, 2.45) is 0 Å². The molecule has 0 saturated carbocycles. The maximum atomic E-state index is 14.2. The third-order valence-electron chi connectivity index (χ3n) is 9.57. The van der Waals surface area contributed by atoms with Crippen LogP contribution in [0.15, 0.2) is 100 Å². The van der Waals surface area contributed by atoms with E-state index in [1.165, 1.54) is 18.2 Å². The Kier molecular flexibility index (Phi) is 9.69. The summed E-state index contributed by atoms with van der Waals surface area (Å²) >= 11 is 0. The molecule has 268 valence electrons. The number of rotatable bonds is 10. The molecule has 0 spiro atoms. The standard InChI is InChI=1S/C39H39N5O7S/c1-52(49,50)41-30-14-15-35-31(23-30)34(45)24-36(51-35)38(47)40-32(22-26-12-13-27-7-2-3-8-28(27)21-26)39(48)43-19-17-42(18-20-43)33-10-5-4-9-29(33)25-44-16-6-11-37(44)46/h2-5,7-10,12-15,21,23-24,32,41H,6,11,16-20,22,25H2,1H3,(H,40,47)/t32-/m1/s1. The van der Waals surface area contributed by atoms with Crippen LogP contribution in [0.25, 0.3) is 21.7 Å². The smallest absolute Gasteiger partial charge is 0.287 e. The van der Waals surface area contributed by atoms with Gasteiger partial charge in [0.2, 0.25) is 21.8 Å².